The Morgan fingerprint density at radius 3 is 2.15 bits per heavy atom. The zero-order valence-electron chi connectivity index (χ0n) is 15.0. The summed E-state index contributed by atoms with van der Waals surface area (Å²) in [7, 11) is 0. The third-order valence-corrected chi connectivity index (χ3v) is 5.94. The average molecular weight is 348 g/mol. The molecule has 26 heavy (non-hydrogen) atoms. The summed E-state index contributed by atoms with van der Waals surface area (Å²) in [6, 6.07) is 20.0. The van der Waals surface area contributed by atoms with Gasteiger partial charge in [0.1, 0.15) is 6.10 Å². The normalized spacial score (nSPS) is 31.5. The predicted octanol–water partition coefficient (Wildman–Crippen LogP) is 4.48. The molecule has 1 heterocycles. The Hall–Kier alpha value is -2.26. The van der Waals surface area contributed by atoms with Gasteiger partial charge in [-0.05, 0) is 23.5 Å². The molecule has 4 rings (SSSR count). The molecule has 1 aliphatic carbocycles. The maximum Gasteiger partial charge on any atom is 0.206 e. The highest BCUT2D eigenvalue weighted by molar-refractivity contribution is 6.39. The number of ether oxygens (including phenoxy) is 1. The topological polar surface area (TPSA) is 46.7 Å². The zero-order valence-corrected chi connectivity index (χ0v) is 15.0. The number of hydrogen-bond acceptors (Lipinski definition) is 3. The van der Waals surface area contributed by atoms with E-state index in [4.69, 9.17) is 4.74 Å². The molecular weight excluding hydrogens is 324 g/mol. The Labute approximate surface area is 154 Å². The number of carbonyl (C=O) groups excluding carboxylic acids is 2. The number of benzene rings is 2. The third kappa shape index (κ3) is 3.12. The van der Waals surface area contributed by atoms with Crippen LogP contribution in [0.3, 0.4) is 0 Å². The fourth-order valence-electron chi connectivity index (χ4n) is 4.55. The van der Waals surface area contributed by atoms with Gasteiger partial charge in [0.15, 0.2) is 5.78 Å². The number of Topliss-reactive ketones (excluding diaryl/α,β-unsaturated/α-hetero) is 2. The van der Waals surface area contributed by atoms with Crippen LogP contribution in [0.4, 0.5) is 0 Å². The van der Waals surface area contributed by atoms with Crippen LogP contribution in [0.5, 0.6) is 0 Å². The van der Waals surface area contributed by atoms with E-state index in [-0.39, 0.29) is 29.7 Å². The van der Waals surface area contributed by atoms with Crippen molar-refractivity contribution in [3.8, 4) is 0 Å². The van der Waals surface area contributed by atoms with Gasteiger partial charge in [-0.15, -0.1) is 0 Å². The lowest BCUT2D eigenvalue weighted by molar-refractivity contribution is -0.137. The Morgan fingerprint density at radius 1 is 0.923 bits per heavy atom. The van der Waals surface area contributed by atoms with E-state index in [0.29, 0.717) is 12.3 Å². The molecule has 3 heteroatoms. The Bertz CT molecular complexity index is 784. The van der Waals surface area contributed by atoms with Crippen molar-refractivity contribution in [3.63, 3.8) is 0 Å². The summed E-state index contributed by atoms with van der Waals surface area (Å²) in [5.74, 6) is -0.494. The largest absolute Gasteiger partial charge is 0.364 e. The summed E-state index contributed by atoms with van der Waals surface area (Å²) >= 11 is 0. The number of epoxide rings is 1. The first kappa shape index (κ1) is 17.2. The van der Waals surface area contributed by atoms with E-state index in [1.54, 1.807) is 0 Å². The highest BCUT2D eigenvalue weighted by atomic mass is 16.6. The Balaban J connectivity index is 1.72. The minimum Gasteiger partial charge on any atom is -0.364 e. The zero-order chi connectivity index (χ0) is 18.1. The lowest BCUT2D eigenvalue weighted by atomic mass is 9.72. The average Bonchev–Trinajstić information content (AvgIpc) is 3.49. The molecule has 2 aromatic rings. The minimum absolute atomic E-state index is 0.00223. The van der Waals surface area contributed by atoms with Gasteiger partial charge in [-0.3, -0.25) is 9.59 Å². The van der Waals surface area contributed by atoms with Crippen molar-refractivity contribution < 1.29 is 14.3 Å². The molecular formula is C23H24O3. The number of ketones is 2. The van der Waals surface area contributed by atoms with E-state index in [0.717, 1.165) is 24.0 Å². The fourth-order valence-corrected chi connectivity index (χ4v) is 4.55. The van der Waals surface area contributed by atoms with E-state index >= 15 is 0 Å². The first-order valence-electron chi connectivity index (χ1n) is 9.53. The molecule has 0 N–H and O–H groups in total. The van der Waals surface area contributed by atoms with Gasteiger partial charge >= 0.3 is 0 Å². The van der Waals surface area contributed by atoms with Crippen LogP contribution in [0, 0.1) is 11.8 Å². The van der Waals surface area contributed by atoms with Gasteiger partial charge in [-0.25, -0.2) is 0 Å². The predicted molar refractivity (Wildman–Crippen MR) is 99.8 cm³/mol. The van der Waals surface area contributed by atoms with Gasteiger partial charge in [-0.2, -0.15) is 0 Å². The third-order valence-electron chi connectivity index (χ3n) is 5.94. The summed E-state index contributed by atoms with van der Waals surface area (Å²) in [5, 5.41) is 0. The molecule has 5 unspecified atom stereocenters. The van der Waals surface area contributed by atoms with Gasteiger partial charge in [0.2, 0.25) is 5.78 Å². The first-order chi connectivity index (χ1) is 12.7. The number of carbonyl (C=O) groups is 2. The second-order valence-electron chi connectivity index (χ2n) is 7.39. The molecule has 5 atom stereocenters. The smallest absolute Gasteiger partial charge is 0.206 e. The van der Waals surface area contributed by atoms with E-state index in [9.17, 15) is 9.59 Å². The summed E-state index contributed by atoms with van der Waals surface area (Å²) < 4.78 is 6.10. The van der Waals surface area contributed by atoms with Gasteiger partial charge in [0.25, 0.3) is 0 Å². The minimum atomic E-state index is -0.394. The molecule has 134 valence electrons. The van der Waals surface area contributed by atoms with Crippen molar-refractivity contribution in [2.75, 3.05) is 0 Å². The van der Waals surface area contributed by atoms with Crippen LogP contribution in [0.2, 0.25) is 0 Å². The Morgan fingerprint density at radius 2 is 1.54 bits per heavy atom. The van der Waals surface area contributed by atoms with Crippen molar-refractivity contribution in [3.05, 3.63) is 71.8 Å². The lowest BCUT2D eigenvalue weighted by Gasteiger charge is -2.29. The second kappa shape index (κ2) is 7.16. The fraction of sp³-hybridized carbons (Fsp3) is 0.391. The van der Waals surface area contributed by atoms with Crippen molar-refractivity contribution in [1.82, 2.24) is 0 Å². The highest BCUT2D eigenvalue weighted by Gasteiger charge is 2.54. The monoisotopic (exact) mass is 348 g/mol. The first-order valence-corrected chi connectivity index (χ1v) is 9.53. The molecule has 1 aliphatic heterocycles. The molecule has 2 fully saturated rings. The van der Waals surface area contributed by atoms with Crippen molar-refractivity contribution >= 4 is 11.6 Å². The summed E-state index contributed by atoms with van der Waals surface area (Å²) in [5.41, 5.74) is 2.10. The van der Waals surface area contributed by atoms with E-state index in [1.807, 2.05) is 48.5 Å². The van der Waals surface area contributed by atoms with E-state index < -0.39 is 5.92 Å². The molecule has 0 amide bonds. The van der Waals surface area contributed by atoms with Gasteiger partial charge in [0.05, 0.1) is 12.0 Å². The summed E-state index contributed by atoms with van der Waals surface area (Å²) in [6.45, 7) is 2.15. The van der Waals surface area contributed by atoms with Gasteiger partial charge in [-0.1, -0.05) is 74.0 Å². The van der Waals surface area contributed by atoms with E-state index in [1.165, 1.54) is 0 Å². The van der Waals surface area contributed by atoms with Crippen LogP contribution in [-0.4, -0.2) is 17.7 Å². The van der Waals surface area contributed by atoms with Crippen LogP contribution in [-0.2, 0) is 14.3 Å². The lowest BCUT2D eigenvalue weighted by Crippen LogP contribution is -2.32. The van der Waals surface area contributed by atoms with Crippen LogP contribution >= 0.6 is 0 Å². The molecule has 2 aromatic carbocycles. The van der Waals surface area contributed by atoms with Crippen molar-refractivity contribution in [2.24, 2.45) is 11.8 Å². The summed E-state index contributed by atoms with van der Waals surface area (Å²) in [4.78, 5) is 25.4. The van der Waals surface area contributed by atoms with Gasteiger partial charge in [0, 0.05) is 12.3 Å². The molecule has 0 bridgehead atoms. The van der Waals surface area contributed by atoms with E-state index in [2.05, 4.69) is 19.1 Å². The SMILES string of the molecule is CCC1CCC(=O)C(=O)C(c2ccccc2)C1C1OC1c1ccccc1. The Kier molecular flexibility index (Phi) is 4.73. The van der Waals surface area contributed by atoms with Crippen molar-refractivity contribution in [2.45, 2.75) is 44.3 Å². The molecule has 1 saturated carbocycles. The second-order valence-corrected chi connectivity index (χ2v) is 7.39. The van der Waals surface area contributed by atoms with Crippen molar-refractivity contribution in [1.29, 1.82) is 0 Å². The molecule has 2 aliphatic rings. The number of hydrogen-bond donors (Lipinski definition) is 0. The maximum atomic E-state index is 13.0. The standard InChI is InChI=1S/C23H24O3/c1-2-15-13-14-18(24)21(25)19(16-9-5-3-6-10-16)20(15)23-22(26-23)17-11-7-4-8-12-17/h3-12,15,19-20,22-23H,2,13-14H2,1H3. The molecule has 1 saturated heterocycles. The van der Waals surface area contributed by atoms with Crippen LogP contribution in [0.1, 0.15) is 49.3 Å². The van der Waals surface area contributed by atoms with Crippen LogP contribution < -0.4 is 0 Å². The maximum absolute atomic E-state index is 13.0. The van der Waals surface area contributed by atoms with Crippen LogP contribution in [0.15, 0.2) is 60.7 Å². The van der Waals surface area contributed by atoms with Crippen LogP contribution in [0.25, 0.3) is 0 Å². The molecule has 3 nitrogen and oxygen atoms in total. The van der Waals surface area contributed by atoms with Gasteiger partial charge < -0.3 is 4.74 Å². The molecule has 0 radical (unpaired) electrons. The molecule has 0 spiro atoms. The highest BCUT2D eigenvalue weighted by Crippen LogP contribution is 2.52. The quantitative estimate of drug-likeness (QED) is 0.465. The number of rotatable bonds is 4. The summed E-state index contributed by atoms with van der Waals surface area (Å²) in [6.07, 6.45) is 2.12. The molecule has 0 aromatic heterocycles.